The summed E-state index contributed by atoms with van der Waals surface area (Å²) in [5.74, 6) is 1.33. The van der Waals surface area contributed by atoms with Gasteiger partial charge in [0, 0.05) is 24.5 Å². The van der Waals surface area contributed by atoms with Crippen molar-refractivity contribution in [2.75, 3.05) is 11.9 Å². The summed E-state index contributed by atoms with van der Waals surface area (Å²) in [7, 11) is 0. The van der Waals surface area contributed by atoms with Gasteiger partial charge in [-0.25, -0.2) is 9.97 Å². The summed E-state index contributed by atoms with van der Waals surface area (Å²) < 4.78 is 5.40. The molecule has 0 spiro atoms. The molecule has 2 aromatic heterocycles. The Hall–Kier alpha value is -2.95. The molecule has 0 aliphatic rings. The van der Waals surface area contributed by atoms with E-state index in [2.05, 4.69) is 51.5 Å². The van der Waals surface area contributed by atoms with E-state index in [1.807, 2.05) is 25.1 Å². The third-order valence-electron chi connectivity index (χ3n) is 3.72. The number of anilines is 1. The summed E-state index contributed by atoms with van der Waals surface area (Å²) in [6.07, 6.45) is 5.11. The molecular weight excluding hydrogens is 300 g/mol. The van der Waals surface area contributed by atoms with Gasteiger partial charge in [0.15, 0.2) is 0 Å². The molecule has 1 aromatic carbocycles. The van der Waals surface area contributed by atoms with Crippen LogP contribution in [0.5, 0.6) is 5.88 Å². The molecule has 0 fully saturated rings. The van der Waals surface area contributed by atoms with Crippen LogP contribution < -0.4 is 10.1 Å². The number of nitrogens with one attached hydrogen (secondary N) is 1. The summed E-state index contributed by atoms with van der Waals surface area (Å²) in [5.41, 5.74) is 3.52. The molecule has 1 unspecified atom stereocenters. The fourth-order valence-corrected chi connectivity index (χ4v) is 2.46. The number of ether oxygens (including phenoxy) is 1. The Kier molecular flexibility index (Phi) is 5.01. The van der Waals surface area contributed by atoms with E-state index < -0.39 is 0 Å². The van der Waals surface area contributed by atoms with Crippen LogP contribution >= 0.6 is 0 Å². The molecule has 3 rings (SSSR count). The van der Waals surface area contributed by atoms with E-state index in [0.717, 1.165) is 11.4 Å². The third-order valence-corrected chi connectivity index (χ3v) is 3.72. The molecule has 122 valence electrons. The lowest BCUT2D eigenvalue weighted by molar-refractivity contribution is 0.326. The van der Waals surface area contributed by atoms with Crippen molar-refractivity contribution in [3.8, 4) is 17.0 Å². The first-order valence-electron chi connectivity index (χ1n) is 7.98. The maximum Gasteiger partial charge on any atom is 0.218 e. The summed E-state index contributed by atoms with van der Waals surface area (Å²) in [6, 6.07) is 14.4. The number of hydrogen-bond donors (Lipinski definition) is 1. The summed E-state index contributed by atoms with van der Waals surface area (Å²) in [5, 5.41) is 3.38. The highest BCUT2D eigenvalue weighted by Gasteiger charge is 2.08. The van der Waals surface area contributed by atoms with Crippen LogP contribution in [-0.4, -0.2) is 21.6 Å². The third kappa shape index (κ3) is 3.87. The number of rotatable bonds is 6. The Labute approximate surface area is 141 Å². The molecule has 0 radical (unpaired) electrons. The lowest BCUT2D eigenvalue weighted by atomic mass is 10.0. The van der Waals surface area contributed by atoms with Crippen LogP contribution in [0.4, 0.5) is 5.82 Å². The Morgan fingerprint density at radius 2 is 1.71 bits per heavy atom. The standard InChI is InChI=1S/C19H20N4O/c1-3-24-19-12-18(21-13-22-19)23-14(2)15-4-6-16(7-5-15)17-8-10-20-11-9-17/h4-14H,3H2,1-2H3,(H,21,22,23). The first kappa shape index (κ1) is 15.9. The van der Waals surface area contributed by atoms with Crippen molar-refractivity contribution in [2.45, 2.75) is 19.9 Å². The van der Waals surface area contributed by atoms with E-state index in [4.69, 9.17) is 4.74 Å². The molecule has 0 aliphatic carbocycles. The lowest BCUT2D eigenvalue weighted by Crippen LogP contribution is -2.08. The molecule has 3 aromatic rings. The number of pyridine rings is 1. The number of aromatic nitrogens is 3. The largest absolute Gasteiger partial charge is 0.478 e. The molecule has 0 saturated carbocycles. The Balaban J connectivity index is 1.71. The zero-order chi connectivity index (χ0) is 16.8. The van der Waals surface area contributed by atoms with Gasteiger partial charge in [0.2, 0.25) is 5.88 Å². The zero-order valence-electron chi connectivity index (χ0n) is 13.8. The van der Waals surface area contributed by atoms with Gasteiger partial charge >= 0.3 is 0 Å². The van der Waals surface area contributed by atoms with Gasteiger partial charge in [-0.1, -0.05) is 24.3 Å². The minimum Gasteiger partial charge on any atom is -0.478 e. The molecular formula is C19H20N4O. The van der Waals surface area contributed by atoms with Gasteiger partial charge in [0.1, 0.15) is 12.1 Å². The topological polar surface area (TPSA) is 59.9 Å². The highest BCUT2D eigenvalue weighted by molar-refractivity contribution is 5.63. The van der Waals surface area contributed by atoms with Crippen LogP contribution in [0, 0.1) is 0 Å². The molecule has 5 nitrogen and oxygen atoms in total. The fourth-order valence-electron chi connectivity index (χ4n) is 2.46. The minimum atomic E-state index is 0.126. The lowest BCUT2D eigenvalue weighted by Gasteiger charge is -2.16. The van der Waals surface area contributed by atoms with Crippen LogP contribution in [0.3, 0.4) is 0 Å². The van der Waals surface area contributed by atoms with Crippen molar-refractivity contribution < 1.29 is 4.74 Å². The van der Waals surface area contributed by atoms with E-state index in [-0.39, 0.29) is 6.04 Å². The first-order chi connectivity index (χ1) is 11.8. The predicted molar refractivity (Wildman–Crippen MR) is 94.9 cm³/mol. The quantitative estimate of drug-likeness (QED) is 0.740. The number of hydrogen-bond acceptors (Lipinski definition) is 5. The van der Waals surface area contributed by atoms with Gasteiger partial charge in [0.25, 0.3) is 0 Å². The van der Waals surface area contributed by atoms with Crippen LogP contribution in [0.25, 0.3) is 11.1 Å². The molecule has 0 amide bonds. The molecule has 0 saturated heterocycles. The van der Waals surface area contributed by atoms with E-state index in [9.17, 15) is 0 Å². The molecule has 0 bridgehead atoms. The van der Waals surface area contributed by atoms with Crippen molar-refractivity contribution in [3.05, 3.63) is 66.7 Å². The average Bonchev–Trinajstić information content (AvgIpc) is 2.63. The van der Waals surface area contributed by atoms with Crippen LogP contribution in [0.2, 0.25) is 0 Å². The normalized spacial score (nSPS) is 11.8. The predicted octanol–water partition coefficient (Wildman–Crippen LogP) is 4.11. The van der Waals surface area contributed by atoms with Crippen LogP contribution in [-0.2, 0) is 0 Å². The van der Waals surface area contributed by atoms with Crippen molar-refractivity contribution in [2.24, 2.45) is 0 Å². The van der Waals surface area contributed by atoms with Gasteiger partial charge in [-0.3, -0.25) is 4.98 Å². The van der Waals surface area contributed by atoms with Gasteiger partial charge in [-0.15, -0.1) is 0 Å². The molecule has 5 heteroatoms. The second kappa shape index (κ2) is 7.55. The second-order valence-electron chi connectivity index (χ2n) is 5.40. The average molecular weight is 320 g/mol. The van der Waals surface area contributed by atoms with E-state index >= 15 is 0 Å². The number of benzene rings is 1. The number of nitrogens with zero attached hydrogens (tertiary/aromatic N) is 3. The SMILES string of the molecule is CCOc1cc(NC(C)c2ccc(-c3ccncc3)cc2)ncn1. The zero-order valence-corrected chi connectivity index (χ0v) is 13.8. The molecule has 24 heavy (non-hydrogen) atoms. The van der Waals surface area contributed by atoms with E-state index in [0.29, 0.717) is 12.5 Å². The minimum absolute atomic E-state index is 0.126. The highest BCUT2D eigenvalue weighted by atomic mass is 16.5. The Morgan fingerprint density at radius 3 is 2.42 bits per heavy atom. The van der Waals surface area contributed by atoms with E-state index in [1.165, 1.54) is 17.5 Å². The molecule has 1 N–H and O–H groups in total. The molecule has 2 heterocycles. The van der Waals surface area contributed by atoms with Gasteiger partial charge in [-0.05, 0) is 42.7 Å². The summed E-state index contributed by atoms with van der Waals surface area (Å²) >= 11 is 0. The summed E-state index contributed by atoms with van der Waals surface area (Å²) in [6.45, 7) is 4.62. The monoisotopic (exact) mass is 320 g/mol. The molecule has 1 atom stereocenters. The van der Waals surface area contributed by atoms with Crippen molar-refractivity contribution >= 4 is 5.82 Å². The van der Waals surface area contributed by atoms with Crippen LogP contribution in [0.1, 0.15) is 25.5 Å². The second-order valence-corrected chi connectivity index (χ2v) is 5.40. The molecule has 0 aliphatic heterocycles. The van der Waals surface area contributed by atoms with Crippen molar-refractivity contribution in [1.82, 2.24) is 15.0 Å². The van der Waals surface area contributed by atoms with E-state index in [1.54, 1.807) is 12.4 Å². The van der Waals surface area contributed by atoms with Crippen molar-refractivity contribution in [1.29, 1.82) is 0 Å². The van der Waals surface area contributed by atoms with Gasteiger partial charge < -0.3 is 10.1 Å². The van der Waals surface area contributed by atoms with Gasteiger partial charge in [0.05, 0.1) is 6.61 Å². The first-order valence-corrected chi connectivity index (χ1v) is 7.98. The Bertz CT molecular complexity index is 775. The Morgan fingerprint density at radius 1 is 1.00 bits per heavy atom. The van der Waals surface area contributed by atoms with Gasteiger partial charge in [-0.2, -0.15) is 0 Å². The van der Waals surface area contributed by atoms with Crippen LogP contribution in [0.15, 0.2) is 61.2 Å². The van der Waals surface area contributed by atoms with Crippen molar-refractivity contribution in [3.63, 3.8) is 0 Å². The maximum absolute atomic E-state index is 5.40. The summed E-state index contributed by atoms with van der Waals surface area (Å²) in [4.78, 5) is 12.4. The fraction of sp³-hybridized carbons (Fsp3) is 0.211. The highest BCUT2D eigenvalue weighted by Crippen LogP contribution is 2.23. The maximum atomic E-state index is 5.40. The smallest absolute Gasteiger partial charge is 0.218 e.